The Morgan fingerprint density at radius 2 is 2.50 bits per heavy atom. The lowest BCUT2D eigenvalue weighted by Gasteiger charge is -2.06. The molecule has 76 valence electrons. The molecular weight excluding hydrogens is 202 g/mol. The number of nitrogens with zero attached hydrogens (tertiary/aromatic N) is 2. The molecule has 0 unspecified atom stereocenters. The molecule has 0 bridgehead atoms. The Hall–Kier alpha value is -1.01. The van der Waals surface area contributed by atoms with Gasteiger partial charge in [0.1, 0.15) is 11.1 Å². The van der Waals surface area contributed by atoms with E-state index >= 15 is 0 Å². The van der Waals surface area contributed by atoms with Crippen molar-refractivity contribution >= 4 is 22.4 Å². The Morgan fingerprint density at radius 1 is 1.64 bits per heavy atom. The molecule has 2 heterocycles. The maximum atomic E-state index is 11.5. The predicted octanol–water partition coefficient (Wildman–Crippen LogP) is 0.964. The van der Waals surface area contributed by atoms with Gasteiger partial charge in [0.2, 0.25) is 5.13 Å². The van der Waals surface area contributed by atoms with Crippen molar-refractivity contribution in [2.24, 2.45) is 0 Å². The molecule has 1 atom stereocenters. The van der Waals surface area contributed by atoms with Crippen LogP contribution in [0.2, 0.25) is 0 Å². The van der Waals surface area contributed by atoms with Gasteiger partial charge in [-0.2, -0.15) is 0 Å². The summed E-state index contributed by atoms with van der Waals surface area (Å²) in [5, 5.41) is 11.7. The zero-order valence-corrected chi connectivity index (χ0v) is 8.63. The molecule has 0 spiro atoms. The van der Waals surface area contributed by atoms with Gasteiger partial charge in [0.05, 0.1) is 0 Å². The number of ether oxygens (including phenoxy) is 1. The highest BCUT2D eigenvalue weighted by Crippen LogP contribution is 2.17. The molecule has 0 radical (unpaired) electrons. The van der Waals surface area contributed by atoms with Crippen molar-refractivity contribution in [2.45, 2.75) is 25.9 Å². The average molecular weight is 213 g/mol. The maximum absolute atomic E-state index is 11.5. The second-order valence-corrected chi connectivity index (χ2v) is 4.30. The summed E-state index contributed by atoms with van der Waals surface area (Å²) in [6.45, 7) is 2.52. The van der Waals surface area contributed by atoms with E-state index in [9.17, 15) is 4.79 Å². The van der Waals surface area contributed by atoms with E-state index in [4.69, 9.17) is 4.74 Å². The molecule has 5 nitrogen and oxygen atoms in total. The molecule has 1 N–H and O–H groups in total. The molecule has 0 saturated carbocycles. The van der Waals surface area contributed by atoms with Crippen LogP contribution in [0.5, 0.6) is 0 Å². The van der Waals surface area contributed by atoms with E-state index in [2.05, 4.69) is 15.5 Å². The fourth-order valence-electron chi connectivity index (χ4n) is 1.32. The van der Waals surface area contributed by atoms with Crippen LogP contribution in [0.3, 0.4) is 0 Å². The Morgan fingerprint density at radius 3 is 3.07 bits per heavy atom. The van der Waals surface area contributed by atoms with E-state index in [-0.39, 0.29) is 12.0 Å². The van der Waals surface area contributed by atoms with Crippen LogP contribution in [-0.2, 0) is 9.53 Å². The van der Waals surface area contributed by atoms with Crippen LogP contribution in [-0.4, -0.2) is 28.8 Å². The van der Waals surface area contributed by atoms with Gasteiger partial charge in [0, 0.05) is 6.61 Å². The first-order chi connectivity index (χ1) is 6.75. The van der Waals surface area contributed by atoms with Crippen LogP contribution < -0.4 is 5.32 Å². The van der Waals surface area contributed by atoms with Gasteiger partial charge in [-0.05, 0) is 19.8 Å². The first-order valence-corrected chi connectivity index (χ1v) is 5.30. The zero-order chi connectivity index (χ0) is 9.97. The molecular formula is C8H11N3O2S. The van der Waals surface area contributed by atoms with Gasteiger partial charge in [-0.3, -0.25) is 10.1 Å². The molecule has 1 aromatic heterocycles. The topological polar surface area (TPSA) is 64.1 Å². The number of aryl methyl sites for hydroxylation is 1. The molecule has 0 aromatic carbocycles. The minimum Gasteiger partial charge on any atom is -0.368 e. The minimum atomic E-state index is -0.306. The van der Waals surface area contributed by atoms with E-state index in [0.717, 1.165) is 17.8 Å². The third-order valence-electron chi connectivity index (χ3n) is 1.98. The minimum absolute atomic E-state index is 0.112. The first-order valence-electron chi connectivity index (χ1n) is 4.48. The Labute approximate surface area is 85.5 Å². The van der Waals surface area contributed by atoms with Gasteiger partial charge in [0.25, 0.3) is 5.91 Å². The fraction of sp³-hybridized carbons (Fsp3) is 0.625. The number of anilines is 1. The summed E-state index contributed by atoms with van der Waals surface area (Å²) in [7, 11) is 0. The van der Waals surface area contributed by atoms with Crippen molar-refractivity contribution in [3.05, 3.63) is 5.01 Å². The predicted molar refractivity (Wildman–Crippen MR) is 52.2 cm³/mol. The van der Waals surface area contributed by atoms with Gasteiger partial charge < -0.3 is 4.74 Å². The summed E-state index contributed by atoms with van der Waals surface area (Å²) in [4.78, 5) is 11.5. The summed E-state index contributed by atoms with van der Waals surface area (Å²) >= 11 is 1.37. The summed E-state index contributed by atoms with van der Waals surface area (Å²) < 4.78 is 5.24. The highest BCUT2D eigenvalue weighted by Gasteiger charge is 2.24. The third-order valence-corrected chi connectivity index (χ3v) is 2.73. The fourth-order valence-corrected chi connectivity index (χ4v) is 1.91. The van der Waals surface area contributed by atoms with Crippen LogP contribution in [0, 0.1) is 6.92 Å². The van der Waals surface area contributed by atoms with E-state index in [1.54, 1.807) is 0 Å². The van der Waals surface area contributed by atoms with Gasteiger partial charge in [-0.15, -0.1) is 10.2 Å². The summed E-state index contributed by atoms with van der Waals surface area (Å²) in [5.41, 5.74) is 0. The molecule has 1 saturated heterocycles. The number of rotatable bonds is 2. The lowest BCUT2D eigenvalue weighted by Crippen LogP contribution is -2.26. The van der Waals surface area contributed by atoms with Crippen molar-refractivity contribution in [1.29, 1.82) is 0 Å². The van der Waals surface area contributed by atoms with Crippen molar-refractivity contribution in [3.63, 3.8) is 0 Å². The summed E-state index contributed by atoms with van der Waals surface area (Å²) in [6.07, 6.45) is 1.44. The quantitative estimate of drug-likeness (QED) is 0.794. The molecule has 6 heteroatoms. The van der Waals surface area contributed by atoms with Gasteiger partial charge in [-0.1, -0.05) is 11.3 Å². The maximum Gasteiger partial charge on any atom is 0.255 e. The lowest BCUT2D eigenvalue weighted by atomic mass is 10.2. The zero-order valence-electron chi connectivity index (χ0n) is 7.82. The Balaban J connectivity index is 1.93. The summed E-state index contributed by atoms with van der Waals surface area (Å²) in [6, 6.07) is 0. The van der Waals surface area contributed by atoms with Crippen molar-refractivity contribution in [2.75, 3.05) is 11.9 Å². The number of hydrogen-bond acceptors (Lipinski definition) is 5. The van der Waals surface area contributed by atoms with E-state index in [1.807, 2.05) is 6.92 Å². The molecule has 1 amide bonds. The first kappa shape index (κ1) is 9.54. The number of nitrogens with one attached hydrogen (secondary N) is 1. The van der Waals surface area contributed by atoms with Crippen molar-refractivity contribution in [1.82, 2.24) is 10.2 Å². The van der Waals surface area contributed by atoms with Gasteiger partial charge >= 0.3 is 0 Å². The van der Waals surface area contributed by atoms with Gasteiger partial charge in [-0.25, -0.2) is 0 Å². The molecule has 1 aliphatic rings. The van der Waals surface area contributed by atoms with Crippen LogP contribution in [0.15, 0.2) is 0 Å². The smallest absolute Gasteiger partial charge is 0.255 e. The van der Waals surface area contributed by atoms with Crippen molar-refractivity contribution in [3.8, 4) is 0 Å². The van der Waals surface area contributed by atoms with Gasteiger partial charge in [0.15, 0.2) is 0 Å². The van der Waals surface area contributed by atoms with Crippen LogP contribution >= 0.6 is 11.3 Å². The van der Waals surface area contributed by atoms with E-state index < -0.39 is 0 Å². The second-order valence-electron chi connectivity index (χ2n) is 3.12. The number of aromatic nitrogens is 2. The average Bonchev–Trinajstić information content (AvgIpc) is 2.75. The third kappa shape index (κ3) is 2.08. The normalized spacial score (nSPS) is 21.1. The molecule has 1 aliphatic heterocycles. The molecule has 2 rings (SSSR count). The number of carbonyl (C=O) groups excluding carboxylic acids is 1. The number of amides is 1. The monoisotopic (exact) mass is 213 g/mol. The molecule has 14 heavy (non-hydrogen) atoms. The standard InChI is InChI=1S/C8H11N3O2S/c1-5-10-11-8(14-5)9-7(12)6-3-2-4-13-6/h6H,2-4H2,1H3,(H,9,11,12)/t6-/m1/s1. The lowest BCUT2D eigenvalue weighted by molar-refractivity contribution is -0.124. The van der Waals surface area contributed by atoms with E-state index in [0.29, 0.717) is 11.7 Å². The second kappa shape index (κ2) is 4.02. The van der Waals surface area contributed by atoms with Crippen LogP contribution in [0.1, 0.15) is 17.8 Å². The Bertz CT molecular complexity index is 333. The van der Waals surface area contributed by atoms with Crippen molar-refractivity contribution < 1.29 is 9.53 Å². The number of hydrogen-bond donors (Lipinski definition) is 1. The number of carbonyl (C=O) groups is 1. The van der Waals surface area contributed by atoms with Crippen LogP contribution in [0.4, 0.5) is 5.13 Å². The highest BCUT2D eigenvalue weighted by atomic mass is 32.1. The Kier molecular flexibility index (Phi) is 2.74. The molecule has 1 aromatic rings. The molecule has 1 fully saturated rings. The largest absolute Gasteiger partial charge is 0.368 e. The SMILES string of the molecule is Cc1nnc(NC(=O)[C@H]2CCCO2)s1. The summed E-state index contributed by atoms with van der Waals surface area (Å²) in [5.74, 6) is -0.112. The molecule has 0 aliphatic carbocycles. The van der Waals surface area contributed by atoms with E-state index in [1.165, 1.54) is 11.3 Å². The van der Waals surface area contributed by atoms with Crippen LogP contribution in [0.25, 0.3) is 0 Å². The highest BCUT2D eigenvalue weighted by molar-refractivity contribution is 7.15.